The molecule has 12 heavy (non-hydrogen) atoms. The molecule has 0 radical (unpaired) electrons. The van der Waals surface area contributed by atoms with Gasteiger partial charge in [0, 0.05) is 12.6 Å². The quantitative estimate of drug-likeness (QED) is 0.599. The van der Waals surface area contributed by atoms with Crippen molar-refractivity contribution in [3.8, 4) is 0 Å². The highest BCUT2D eigenvalue weighted by atomic mass is 16.5. The van der Waals surface area contributed by atoms with Crippen LogP contribution in [0.25, 0.3) is 0 Å². The summed E-state index contributed by atoms with van der Waals surface area (Å²) in [5.41, 5.74) is 0. The maximum absolute atomic E-state index is 10.9. The molecule has 0 unspecified atom stereocenters. The summed E-state index contributed by atoms with van der Waals surface area (Å²) in [6, 6.07) is 0.214. The van der Waals surface area contributed by atoms with Gasteiger partial charge in [-0.05, 0) is 18.9 Å². The van der Waals surface area contributed by atoms with E-state index in [1.54, 1.807) is 0 Å². The number of amides is 1. The second kappa shape index (κ2) is 4.30. The second-order valence-electron chi connectivity index (χ2n) is 3.21. The fourth-order valence-corrected chi connectivity index (χ4v) is 1.39. The molecule has 4 heteroatoms. The van der Waals surface area contributed by atoms with Crippen LogP contribution in [0, 0.1) is 5.92 Å². The van der Waals surface area contributed by atoms with Gasteiger partial charge >= 0.3 is 6.09 Å². The van der Waals surface area contributed by atoms with Gasteiger partial charge in [-0.25, -0.2) is 4.79 Å². The van der Waals surface area contributed by atoms with Gasteiger partial charge < -0.3 is 15.4 Å². The van der Waals surface area contributed by atoms with Gasteiger partial charge in [0.25, 0.3) is 0 Å². The van der Waals surface area contributed by atoms with Gasteiger partial charge in [0.1, 0.15) is 0 Å². The van der Waals surface area contributed by atoms with E-state index in [0.717, 1.165) is 19.5 Å². The zero-order valence-electron chi connectivity index (χ0n) is 7.59. The molecule has 0 aliphatic carbocycles. The molecule has 1 heterocycles. The predicted molar refractivity (Wildman–Crippen MR) is 46.0 cm³/mol. The molecule has 1 fully saturated rings. The van der Waals surface area contributed by atoms with Crippen molar-refractivity contribution in [2.45, 2.75) is 19.4 Å². The average molecular weight is 172 g/mol. The van der Waals surface area contributed by atoms with Crippen LogP contribution in [0.4, 0.5) is 4.79 Å². The first-order valence-electron chi connectivity index (χ1n) is 4.29. The van der Waals surface area contributed by atoms with Crippen molar-refractivity contribution in [1.82, 2.24) is 10.6 Å². The molecule has 0 saturated carbocycles. The highest BCUT2D eigenvalue weighted by Gasteiger charge is 2.22. The molecule has 0 spiro atoms. The van der Waals surface area contributed by atoms with Crippen molar-refractivity contribution in [3.05, 3.63) is 0 Å². The van der Waals surface area contributed by atoms with Crippen LogP contribution in [-0.4, -0.2) is 32.3 Å². The molecule has 1 aliphatic rings. The van der Waals surface area contributed by atoms with E-state index in [4.69, 9.17) is 0 Å². The summed E-state index contributed by atoms with van der Waals surface area (Å²) in [5, 5.41) is 6.02. The number of piperidine rings is 1. The number of carbonyl (C=O) groups excluding carboxylic acids is 1. The molecule has 1 rings (SSSR count). The molecular weight excluding hydrogens is 156 g/mol. The minimum atomic E-state index is -0.337. The molecular formula is C8H16N2O2. The van der Waals surface area contributed by atoms with Crippen molar-refractivity contribution >= 4 is 6.09 Å². The summed E-state index contributed by atoms with van der Waals surface area (Å²) >= 11 is 0. The summed E-state index contributed by atoms with van der Waals surface area (Å²) in [5.74, 6) is 0.533. The van der Waals surface area contributed by atoms with Crippen LogP contribution in [0.5, 0.6) is 0 Å². The van der Waals surface area contributed by atoms with Crippen LogP contribution < -0.4 is 10.6 Å². The second-order valence-corrected chi connectivity index (χ2v) is 3.21. The largest absolute Gasteiger partial charge is 0.453 e. The Balaban J connectivity index is 2.33. The Morgan fingerprint density at radius 3 is 3.00 bits per heavy atom. The van der Waals surface area contributed by atoms with Crippen molar-refractivity contribution in [3.63, 3.8) is 0 Å². The normalized spacial score (nSPS) is 29.5. The van der Waals surface area contributed by atoms with Crippen molar-refractivity contribution in [2.24, 2.45) is 5.92 Å². The summed E-state index contributed by atoms with van der Waals surface area (Å²) in [4.78, 5) is 10.9. The van der Waals surface area contributed by atoms with Crippen molar-refractivity contribution in [1.29, 1.82) is 0 Å². The molecule has 0 aromatic carbocycles. The molecule has 4 nitrogen and oxygen atoms in total. The lowest BCUT2D eigenvalue weighted by molar-refractivity contribution is 0.158. The van der Waals surface area contributed by atoms with E-state index in [1.807, 2.05) is 0 Å². The summed E-state index contributed by atoms with van der Waals surface area (Å²) in [6.45, 7) is 4.03. The summed E-state index contributed by atoms with van der Waals surface area (Å²) in [7, 11) is 1.39. The molecule has 1 aliphatic heterocycles. The van der Waals surface area contributed by atoms with Gasteiger partial charge in [0.2, 0.25) is 0 Å². The van der Waals surface area contributed by atoms with E-state index in [2.05, 4.69) is 22.3 Å². The van der Waals surface area contributed by atoms with Gasteiger partial charge in [-0.1, -0.05) is 6.92 Å². The van der Waals surface area contributed by atoms with Crippen LogP contribution >= 0.6 is 0 Å². The van der Waals surface area contributed by atoms with E-state index < -0.39 is 0 Å². The van der Waals surface area contributed by atoms with Crippen LogP contribution in [-0.2, 0) is 4.74 Å². The Morgan fingerprint density at radius 1 is 1.67 bits per heavy atom. The molecule has 1 amide bonds. The smallest absolute Gasteiger partial charge is 0.407 e. The number of rotatable bonds is 1. The number of hydrogen-bond donors (Lipinski definition) is 2. The van der Waals surface area contributed by atoms with E-state index in [0.29, 0.717) is 5.92 Å². The number of methoxy groups -OCH3 is 1. The van der Waals surface area contributed by atoms with Crippen LogP contribution in [0.1, 0.15) is 13.3 Å². The fraction of sp³-hybridized carbons (Fsp3) is 0.875. The monoisotopic (exact) mass is 172 g/mol. The maximum atomic E-state index is 10.9. The van der Waals surface area contributed by atoms with Crippen molar-refractivity contribution < 1.29 is 9.53 Å². The lowest BCUT2D eigenvalue weighted by Gasteiger charge is -2.29. The van der Waals surface area contributed by atoms with Gasteiger partial charge in [0.05, 0.1) is 7.11 Å². The number of nitrogens with one attached hydrogen (secondary N) is 2. The molecule has 0 aromatic rings. The van der Waals surface area contributed by atoms with Gasteiger partial charge in [-0.3, -0.25) is 0 Å². The zero-order chi connectivity index (χ0) is 8.97. The minimum absolute atomic E-state index is 0.214. The van der Waals surface area contributed by atoms with E-state index in [-0.39, 0.29) is 12.1 Å². The third-order valence-corrected chi connectivity index (χ3v) is 2.32. The minimum Gasteiger partial charge on any atom is -0.453 e. The van der Waals surface area contributed by atoms with Crippen LogP contribution in [0.15, 0.2) is 0 Å². The van der Waals surface area contributed by atoms with E-state index >= 15 is 0 Å². The third-order valence-electron chi connectivity index (χ3n) is 2.32. The third kappa shape index (κ3) is 2.37. The maximum Gasteiger partial charge on any atom is 0.407 e. The Labute approximate surface area is 72.7 Å². The Kier molecular flexibility index (Phi) is 3.34. The lowest BCUT2D eigenvalue weighted by Crippen LogP contribution is -2.50. The molecule has 1 saturated heterocycles. The topological polar surface area (TPSA) is 50.4 Å². The standard InChI is InChI=1S/C8H16N2O2/c1-6-3-4-9-5-7(6)10-8(11)12-2/h6-7,9H,3-5H2,1-2H3,(H,10,11)/t6-,7+/m1/s1. The van der Waals surface area contributed by atoms with Gasteiger partial charge in [0.15, 0.2) is 0 Å². The lowest BCUT2D eigenvalue weighted by atomic mass is 9.95. The van der Waals surface area contributed by atoms with Crippen molar-refractivity contribution in [2.75, 3.05) is 20.2 Å². The first kappa shape index (κ1) is 9.32. The molecule has 2 N–H and O–H groups in total. The first-order valence-corrected chi connectivity index (χ1v) is 4.29. The SMILES string of the molecule is COC(=O)N[C@H]1CNCC[C@H]1C. The van der Waals surface area contributed by atoms with Crippen LogP contribution in [0.3, 0.4) is 0 Å². The highest BCUT2D eigenvalue weighted by molar-refractivity contribution is 5.67. The Morgan fingerprint density at radius 2 is 2.42 bits per heavy atom. The van der Waals surface area contributed by atoms with Crippen LogP contribution in [0.2, 0.25) is 0 Å². The van der Waals surface area contributed by atoms with E-state index in [1.165, 1.54) is 7.11 Å². The summed E-state index contributed by atoms with van der Waals surface area (Å²) in [6.07, 6.45) is 0.768. The Bertz CT molecular complexity index is 161. The average Bonchev–Trinajstić information content (AvgIpc) is 2.09. The highest BCUT2D eigenvalue weighted by Crippen LogP contribution is 2.10. The van der Waals surface area contributed by atoms with Gasteiger partial charge in [-0.2, -0.15) is 0 Å². The molecule has 0 bridgehead atoms. The molecule has 2 atom stereocenters. The molecule has 0 aromatic heterocycles. The number of alkyl carbamates (subject to hydrolysis) is 1. The Hall–Kier alpha value is -0.770. The zero-order valence-corrected chi connectivity index (χ0v) is 7.59. The number of hydrogen-bond acceptors (Lipinski definition) is 3. The first-order chi connectivity index (χ1) is 5.74. The summed E-state index contributed by atoms with van der Waals surface area (Å²) < 4.78 is 4.52. The number of carbonyl (C=O) groups is 1. The molecule has 70 valence electrons. The predicted octanol–water partition coefficient (Wildman–Crippen LogP) is 0.340. The number of ether oxygens (including phenoxy) is 1. The van der Waals surface area contributed by atoms with Gasteiger partial charge in [-0.15, -0.1) is 0 Å². The van der Waals surface area contributed by atoms with E-state index in [9.17, 15) is 4.79 Å². The fourth-order valence-electron chi connectivity index (χ4n) is 1.39.